The molecule has 1 heterocycles. The van der Waals surface area contributed by atoms with Crippen molar-refractivity contribution in [3.05, 3.63) is 52.1 Å². The maximum absolute atomic E-state index is 12.5. The monoisotopic (exact) mass is 457 g/mol. The van der Waals surface area contributed by atoms with Gasteiger partial charge in [-0.25, -0.2) is 18.1 Å². The van der Waals surface area contributed by atoms with E-state index in [0.717, 1.165) is 5.56 Å². The van der Waals surface area contributed by atoms with E-state index in [1.54, 1.807) is 18.3 Å². The lowest BCUT2D eigenvalue weighted by atomic mass is 10.2. The van der Waals surface area contributed by atoms with Gasteiger partial charge in [0.15, 0.2) is 0 Å². The van der Waals surface area contributed by atoms with E-state index in [2.05, 4.69) is 31.0 Å². The summed E-state index contributed by atoms with van der Waals surface area (Å²) in [5.74, 6) is 0.0322. The Bertz CT molecular complexity index is 905. The molecular weight excluding hydrogens is 438 g/mol. The Kier molecular flexibility index (Phi) is 7.72. The van der Waals surface area contributed by atoms with Crippen LogP contribution in [0.4, 0.5) is 0 Å². The molecule has 0 aliphatic rings. The first-order valence-corrected chi connectivity index (χ1v) is 10.2. The predicted octanol–water partition coefficient (Wildman–Crippen LogP) is 1.71. The van der Waals surface area contributed by atoms with Gasteiger partial charge in [-0.3, -0.25) is 4.79 Å². The number of rotatable bonds is 9. The van der Waals surface area contributed by atoms with E-state index in [4.69, 9.17) is 9.47 Å². The van der Waals surface area contributed by atoms with Gasteiger partial charge < -0.3 is 14.8 Å². The van der Waals surface area contributed by atoms with Crippen LogP contribution >= 0.6 is 15.9 Å². The summed E-state index contributed by atoms with van der Waals surface area (Å²) in [6.45, 7) is 0.631. The highest BCUT2D eigenvalue weighted by atomic mass is 79.9. The summed E-state index contributed by atoms with van der Waals surface area (Å²) in [5.41, 5.74) is 1.02. The van der Waals surface area contributed by atoms with E-state index < -0.39 is 15.9 Å². The minimum absolute atomic E-state index is 0.00228. The standard InChI is InChI=1S/C17H20BrN3O5S/c1-25-8-7-21-27(23,24)13-3-4-15(18)14(10-13)17(22)20-11-12-5-6-19-16(9-12)26-2/h3-6,9-10,21H,7-8,11H2,1-2H3,(H,20,22). The molecule has 2 aromatic rings. The molecule has 0 saturated carbocycles. The topological polar surface area (TPSA) is 107 Å². The van der Waals surface area contributed by atoms with E-state index in [0.29, 0.717) is 10.4 Å². The van der Waals surface area contributed by atoms with E-state index in [-0.39, 0.29) is 30.2 Å². The number of benzene rings is 1. The third kappa shape index (κ3) is 5.99. The summed E-state index contributed by atoms with van der Waals surface area (Å²) >= 11 is 3.28. The van der Waals surface area contributed by atoms with Gasteiger partial charge >= 0.3 is 0 Å². The number of nitrogens with one attached hydrogen (secondary N) is 2. The van der Waals surface area contributed by atoms with Gasteiger partial charge in [0, 0.05) is 36.9 Å². The first kappa shape index (κ1) is 21.3. The van der Waals surface area contributed by atoms with Crippen molar-refractivity contribution in [2.75, 3.05) is 27.4 Å². The van der Waals surface area contributed by atoms with Gasteiger partial charge in [-0.1, -0.05) is 0 Å². The molecule has 2 rings (SSSR count). The fraction of sp³-hybridized carbons (Fsp3) is 0.294. The molecule has 1 aromatic carbocycles. The van der Waals surface area contributed by atoms with Crippen LogP contribution in [0.3, 0.4) is 0 Å². The number of amides is 1. The quantitative estimate of drug-likeness (QED) is 0.555. The zero-order chi connectivity index (χ0) is 19.9. The molecule has 10 heteroatoms. The SMILES string of the molecule is COCCNS(=O)(=O)c1ccc(Br)c(C(=O)NCc2ccnc(OC)c2)c1. The van der Waals surface area contributed by atoms with Crippen molar-refractivity contribution < 1.29 is 22.7 Å². The number of methoxy groups -OCH3 is 2. The highest BCUT2D eigenvalue weighted by Crippen LogP contribution is 2.21. The number of hydrogen-bond donors (Lipinski definition) is 2. The van der Waals surface area contributed by atoms with Crippen LogP contribution in [0.15, 0.2) is 45.9 Å². The van der Waals surface area contributed by atoms with Gasteiger partial charge in [-0.2, -0.15) is 0 Å². The average Bonchev–Trinajstić information content (AvgIpc) is 2.66. The van der Waals surface area contributed by atoms with Crippen LogP contribution in [0.25, 0.3) is 0 Å². The number of carbonyl (C=O) groups is 1. The minimum atomic E-state index is -3.74. The highest BCUT2D eigenvalue weighted by molar-refractivity contribution is 9.10. The minimum Gasteiger partial charge on any atom is -0.481 e. The molecule has 0 radical (unpaired) electrons. The van der Waals surface area contributed by atoms with Crippen molar-refractivity contribution in [2.24, 2.45) is 0 Å². The second kappa shape index (κ2) is 9.79. The van der Waals surface area contributed by atoms with Gasteiger partial charge in [0.1, 0.15) is 0 Å². The molecule has 27 heavy (non-hydrogen) atoms. The van der Waals surface area contributed by atoms with Crippen LogP contribution in [-0.2, 0) is 21.3 Å². The van der Waals surface area contributed by atoms with Crippen molar-refractivity contribution in [1.29, 1.82) is 0 Å². The predicted molar refractivity (Wildman–Crippen MR) is 103 cm³/mol. The van der Waals surface area contributed by atoms with Crippen LogP contribution in [0, 0.1) is 0 Å². The fourth-order valence-corrected chi connectivity index (χ4v) is 3.62. The molecule has 0 saturated heterocycles. The maximum atomic E-state index is 12.5. The smallest absolute Gasteiger partial charge is 0.252 e. The largest absolute Gasteiger partial charge is 0.481 e. The molecule has 1 amide bonds. The third-order valence-electron chi connectivity index (χ3n) is 3.55. The van der Waals surface area contributed by atoms with Crippen LogP contribution in [0.1, 0.15) is 15.9 Å². The molecule has 0 unspecified atom stereocenters. The molecule has 2 N–H and O–H groups in total. The molecular formula is C17H20BrN3O5S. The van der Waals surface area contributed by atoms with Crippen LogP contribution in [-0.4, -0.2) is 46.7 Å². The zero-order valence-corrected chi connectivity index (χ0v) is 17.3. The van der Waals surface area contributed by atoms with Gasteiger partial charge in [-0.05, 0) is 45.8 Å². The Labute approximate surface area is 166 Å². The maximum Gasteiger partial charge on any atom is 0.252 e. The Morgan fingerprint density at radius 2 is 2.00 bits per heavy atom. The Balaban J connectivity index is 2.13. The number of aromatic nitrogens is 1. The number of sulfonamides is 1. The van der Waals surface area contributed by atoms with Gasteiger partial charge in [0.25, 0.3) is 5.91 Å². The summed E-state index contributed by atoms with van der Waals surface area (Å²) in [4.78, 5) is 16.5. The zero-order valence-electron chi connectivity index (χ0n) is 14.9. The summed E-state index contributed by atoms with van der Waals surface area (Å²) < 4.78 is 37.4. The van der Waals surface area contributed by atoms with E-state index in [1.807, 2.05) is 0 Å². The molecule has 1 aromatic heterocycles. The summed E-state index contributed by atoms with van der Waals surface area (Å²) in [5, 5.41) is 2.75. The number of hydrogen-bond acceptors (Lipinski definition) is 6. The molecule has 8 nitrogen and oxygen atoms in total. The lowest BCUT2D eigenvalue weighted by Gasteiger charge is -2.11. The Morgan fingerprint density at radius 1 is 1.22 bits per heavy atom. The van der Waals surface area contributed by atoms with Crippen molar-refractivity contribution in [1.82, 2.24) is 15.0 Å². The van der Waals surface area contributed by atoms with Crippen molar-refractivity contribution >= 4 is 31.9 Å². The van der Waals surface area contributed by atoms with Crippen LogP contribution < -0.4 is 14.8 Å². The lowest BCUT2D eigenvalue weighted by Crippen LogP contribution is -2.28. The van der Waals surface area contributed by atoms with Crippen LogP contribution in [0.2, 0.25) is 0 Å². The summed E-state index contributed by atoms with van der Waals surface area (Å²) in [6, 6.07) is 7.72. The molecule has 0 aliphatic heterocycles. The van der Waals surface area contributed by atoms with Crippen molar-refractivity contribution in [2.45, 2.75) is 11.4 Å². The normalized spacial score (nSPS) is 11.2. The first-order chi connectivity index (χ1) is 12.9. The molecule has 0 spiro atoms. The molecule has 0 bridgehead atoms. The van der Waals surface area contributed by atoms with Crippen molar-refractivity contribution in [3.8, 4) is 5.88 Å². The number of ether oxygens (including phenoxy) is 2. The summed E-state index contributed by atoms with van der Waals surface area (Å²) in [6.07, 6.45) is 1.58. The summed E-state index contributed by atoms with van der Waals surface area (Å²) in [7, 11) is -0.748. The second-order valence-corrected chi connectivity index (χ2v) is 8.04. The number of halogens is 1. The van der Waals surface area contributed by atoms with Crippen LogP contribution in [0.5, 0.6) is 5.88 Å². The first-order valence-electron chi connectivity index (χ1n) is 7.92. The Hall–Kier alpha value is -2.01. The fourth-order valence-electron chi connectivity index (χ4n) is 2.16. The number of carbonyl (C=O) groups excluding carboxylic acids is 1. The lowest BCUT2D eigenvalue weighted by molar-refractivity contribution is 0.0950. The molecule has 0 aliphatic carbocycles. The second-order valence-electron chi connectivity index (χ2n) is 5.42. The molecule has 146 valence electrons. The van der Waals surface area contributed by atoms with E-state index >= 15 is 0 Å². The van der Waals surface area contributed by atoms with Gasteiger partial charge in [0.2, 0.25) is 15.9 Å². The van der Waals surface area contributed by atoms with Crippen molar-refractivity contribution in [3.63, 3.8) is 0 Å². The average molecular weight is 458 g/mol. The third-order valence-corrected chi connectivity index (χ3v) is 5.70. The van der Waals surface area contributed by atoms with Gasteiger partial charge in [0.05, 0.1) is 24.2 Å². The molecule has 0 fully saturated rings. The molecule has 0 atom stereocenters. The highest BCUT2D eigenvalue weighted by Gasteiger charge is 2.18. The number of nitrogens with zero attached hydrogens (tertiary/aromatic N) is 1. The Morgan fingerprint density at radius 3 is 2.70 bits per heavy atom. The van der Waals surface area contributed by atoms with E-state index in [9.17, 15) is 13.2 Å². The van der Waals surface area contributed by atoms with E-state index in [1.165, 1.54) is 32.4 Å². The van der Waals surface area contributed by atoms with Gasteiger partial charge in [-0.15, -0.1) is 0 Å². The number of pyridine rings is 1.